The molecule has 6 heteroatoms. The number of benzene rings is 2. The van der Waals surface area contributed by atoms with Crippen LogP contribution in [-0.4, -0.2) is 41.9 Å². The van der Waals surface area contributed by atoms with E-state index in [2.05, 4.69) is 19.2 Å². The largest absolute Gasteiger partial charge is 0.481 e. The molecule has 0 bridgehead atoms. The lowest BCUT2D eigenvalue weighted by Gasteiger charge is -2.33. The third-order valence-electron chi connectivity index (χ3n) is 5.47. The molecule has 1 saturated heterocycles. The lowest BCUT2D eigenvalue weighted by Crippen LogP contribution is -2.49. The number of carbonyl (C=O) groups excluding carboxylic acids is 2. The first-order chi connectivity index (χ1) is 14.3. The second-order valence-electron chi connectivity index (χ2n) is 8.04. The molecular formula is C24H29FN2O3. The minimum absolute atomic E-state index is 0.0431. The van der Waals surface area contributed by atoms with E-state index in [1.807, 2.05) is 24.3 Å². The van der Waals surface area contributed by atoms with Gasteiger partial charge < -0.3 is 15.0 Å². The van der Waals surface area contributed by atoms with Crippen molar-refractivity contribution >= 4 is 11.8 Å². The van der Waals surface area contributed by atoms with Crippen LogP contribution in [0.4, 0.5) is 4.39 Å². The Morgan fingerprint density at radius 3 is 2.27 bits per heavy atom. The van der Waals surface area contributed by atoms with Crippen molar-refractivity contribution in [1.29, 1.82) is 0 Å². The fourth-order valence-corrected chi connectivity index (χ4v) is 3.60. The molecule has 3 rings (SSSR count). The Bertz CT molecular complexity index is 874. The molecule has 1 N–H and O–H groups in total. The number of hydrogen-bond acceptors (Lipinski definition) is 3. The lowest BCUT2D eigenvalue weighted by atomic mass is 10.0. The highest BCUT2D eigenvalue weighted by Gasteiger charge is 2.28. The van der Waals surface area contributed by atoms with Gasteiger partial charge in [-0.3, -0.25) is 9.59 Å². The van der Waals surface area contributed by atoms with Crippen LogP contribution < -0.4 is 10.1 Å². The highest BCUT2D eigenvalue weighted by molar-refractivity contribution is 5.94. The van der Waals surface area contributed by atoms with Gasteiger partial charge in [-0.05, 0) is 55.5 Å². The zero-order valence-corrected chi connectivity index (χ0v) is 17.7. The number of likely N-dealkylation sites (tertiary alicyclic amines) is 1. The molecule has 1 aliphatic heterocycles. The van der Waals surface area contributed by atoms with Crippen molar-refractivity contribution in [2.45, 2.75) is 51.7 Å². The zero-order valence-electron chi connectivity index (χ0n) is 17.7. The van der Waals surface area contributed by atoms with Gasteiger partial charge in [0.1, 0.15) is 11.6 Å². The summed E-state index contributed by atoms with van der Waals surface area (Å²) >= 11 is 0. The van der Waals surface area contributed by atoms with Crippen molar-refractivity contribution in [3.8, 4) is 5.75 Å². The predicted octanol–water partition coefficient (Wildman–Crippen LogP) is 4.14. The third-order valence-corrected chi connectivity index (χ3v) is 5.47. The summed E-state index contributed by atoms with van der Waals surface area (Å²) < 4.78 is 19.6. The summed E-state index contributed by atoms with van der Waals surface area (Å²) in [6.45, 7) is 7.07. The number of hydrogen-bond donors (Lipinski definition) is 1. The predicted molar refractivity (Wildman–Crippen MR) is 114 cm³/mol. The molecular weight excluding hydrogens is 383 g/mol. The number of piperidine rings is 1. The van der Waals surface area contributed by atoms with E-state index in [0.717, 1.165) is 0 Å². The first-order valence-electron chi connectivity index (χ1n) is 10.5. The molecule has 0 saturated carbocycles. The van der Waals surface area contributed by atoms with Crippen molar-refractivity contribution < 1.29 is 18.7 Å². The van der Waals surface area contributed by atoms with Gasteiger partial charge in [-0.25, -0.2) is 4.39 Å². The average Bonchev–Trinajstić information content (AvgIpc) is 2.74. The Balaban J connectivity index is 1.48. The molecule has 2 amide bonds. The summed E-state index contributed by atoms with van der Waals surface area (Å²) in [5, 5.41) is 2.87. The molecule has 30 heavy (non-hydrogen) atoms. The van der Waals surface area contributed by atoms with Crippen LogP contribution in [0.2, 0.25) is 0 Å². The highest BCUT2D eigenvalue weighted by Crippen LogP contribution is 2.20. The summed E-state index contributed by atoms with van der Waals surface area (Å²) in [6.07, 6.45) is 0.670. The van der Waals surface area contributed by atoms with Crippen LogP contribution in [0.3, 0.4) is 0 Å². The smallest absolute Gasteiger partial charge is 0.263 e. The van der Waals surface area contributed by atoms with Crippen LogP contribution in [0, 0.1) is 5.82 Å². The number of rotatable bonds is 6. The van der Waals surface area contributed by atoms with E-state index in [1.54, 1.807) is 24.0 Å². The maximum Gasteiger partial charge on any atom is 0.263 e. The van der Waals surface area contributed by atoms with Crippen LogP contribution in [-0.2, 0) is 4.79 Å². The summed E-state index contributed by atoms with van der Waals surface area (Å²) in [4.78, 5) is 26.8. The number of halogens is 1. The molecule has 0 spiro atoms. The molecule has 0 aliphatic carbocycles. The molecule has 1 aliphatic rings. The molecule has 1 fully saturated rings. The summed E-state index contributed by atoms with van der Waals surface area (Å²) in [5.41, 5.74) is 1.27. The van der Waals surface area contributed by atoms with Gasteiger partial charge >= 0.3 is 0 Å². The van der Waals surface area contributed by atoms with E-state index in [-0.39, 0.29) is 17.5 Å². The van der Waals surface area contributed by atoms with Crippen LogP contribution in [0.5, 0.6) is 5.75 Å². The van der Waals surface area contributed by atoms with Crippen LogP contribution in [0.25, 0.3) is 0 Å². The number of carbonyl (C=O) groups is 2. The van der Waals surface area contributed by atoms with Crippen molar-refractivity contribution in [1.82, 2.24) is 10.2 Å². The fraction of sp³-hybridized carbons (Fsp3) is 0.417. The first-order valence-corrected chi connectivity index (χ1v) is 10.5. The van der Waals surface area contributed by atoms with Crippen molar-refractivity contribution in [3.63, 3.8) is 0 Å². The average molecular weight is 413 g/mol. The second kappa shape index (κ2) is 9.74. The summed E-state index contributed by atoms with van der Waals surface area (Å²) in [5.74, 6) is 0.0989. The normalized spacial score (nSPS) is 15.7. The maximum atomic E-state index is 13.8. The number of amides is 2. The number of nitrogens with one attached hydrogen (secondary N) is 1. The molecule has 1 heterocycles. The molecule has 1 unspecified atom stereocenters. The maximum absolute atomic E-state index is 13.8. The van der Waals surface area contributed by atoms with Gasteiger partial charge in [-0.1, -0.05) is 38.1 Å². The second-order valence-corrected chi connectivity index (χ2v) is 8.04. The number of nitrogens with zero attached hydrogens (tertiary/aromatic N) is 1. The minimum Gasteiger partial charge on any atom is -0.481 e. The van der Waals surface area contributed by atoms with Crippen LogP contribution >= 0.6 is 0 Å². The Labute approximate surface area is 177 Å². The lowest BCUT2D eigenvalue weighted by molar-refractivity contribution is -0.139. The molecule has 0 radical (unpaired) electrons. The molecule has 160 valence electrons. The van der Waals surface area contributed by atoms with Gasteiger partial charge in [0.25, 0.3) is 11.8 Å². The monoisotopic (exact) mass is 412 g/mol. The summed E-state index contributed by atoms with van der Waals surface area (Å²) in [6, 6.07) is 13.7. The van der Waals surface area contributed by atoms with Crippen molar-refractivity contribution in [2.75, 3.05) is 13.1 Å². The van der Waals surface area contributed by atoms with Crippen LogP contribution in [0.15, 0.2) is 48.5 Å². The Kier molecular flexibility index (Phi) is 7.08. The number of ether oxygens (including phenoxy) is 1. The zero-order chi connectivity index (χ0) is 21.7. The fourth-order valence-electron chi connectivity index (χ4n) is 3.60. The van der Waals surface area contributed by atoms with E-state index in [4.69, 9.17) is 4.74 Å². The van der Waals surface area contributed by atoms with E-state index in [1.165, 1.54) is 17.7 Å². The highest BCUT2D eigenvalue weighted by atomic mass is 19.1. The Hall–Kier alpha value is -2.89. The van der Waals surface area contributed by atoms with Gasteiger partial charge in [-0.2, -0.15) is 0 Å². The topological polar surface area (TPSA) is 58.6 Å². The van der Waals surface area contributed by atoms with Gasteiger partial charge in [0.05, 0.1) is 5.56 Å². The van der Waals surface area contributed by atoms with E-state index >= 15 is 0 Å². The van der Waals surface area contributed by atoms with Crippen LogP contribution in [0.1, 0.15) is 55.5 Å². The molecule has 5 nitrogen and oxygen atoms in total. The minimum atomic E-state index is -0.584. The first kappa shape index (κ1) is 21.8. The third kappa shape index (κ3) is 5.38. The SMILES string of the molecule is CC(Oc1ccc(C(C)C)cc1)C(=O)N1CCC(NC(=O)c2ccccc2F)CC1. The van der Waals surface area contributed by atoms with E-state index < -0.39 is 17.8 Å². The standard InChI is InChI=1S/C24H29FN2O3/c1-16(2)18-8-10-20(11-9-18)30-17(3)24(29)27-14-12-19(13-15-27)26-23(28)21-6-4-5-7-22(21)25/h4-11,16-17,19H,12-15H2,1-3H3,(H,26,28). The van der Waals surface area contributed by atoms with Crippen molar-refractivity contribution in [2.24, 2.45) is 0 Å². The summed E-state index contributed by atoms with van der Waals surface area (Å²) in [7, 11) is 0. The Morgan fingerprint density at radius 1 is 1.03 bits per heavy atom. The molecule has 2 aromatic rings. The Morgan fingerprint density at radius 2 is 1.67 bits per heavy atom. The van der Waals surface area contributed by atoms with Gasteiger partial charge in [0, 0.05) is 19.1 Å². The quantitative estimate of drug-likeness (QED) is 0.776. The molecule has 1 atom stereocenters. The van der Waals surface area contributed by atoms with Gasteiger partial charge in [-0.15, -0.1) is 0 Å². The van der Waals surface area contributed by atoms with E-state index in [9.17, 15) is 14.0 Å². The molecule has 2 aromatic carbocycles. The molecule has 0 aromatic heterocycles. The van der Waals surface area contributed by atoms with Crippen molar-refractivity contribution in [3.05, 3.63) is 65.5 Å². The van der Waals surface area contributed by atoms with Gasteiger partial charge in [0.15, 0.2) is 6.10 Å². The van der Waals surface area contributed by atoms with E-state index in [0.29, 0.717) is 37.6 Å². The van der Waals surface area contributed by atoms with Gasteiger partial charge in [0.2, 0.25) is 0 Å².